The van der Waals surface area contributed by atoms with Gasteiger partial charge in [-0.25, -0.2) is 0 Å². The van der Waals surface area contributed by atoms with Gasteiger partial charge in [0.1, 0.15) is 0 Å². The Morgan fingerprint density at radius 1 is 0.947 bits per heavy atom. The van der Waals surface area contributed by atoms with E-state index in [9.17, 15) is 4.57 Å². The highest BCUT2D eigenvalue weighted by atomic mass is 32.7. The smallest absolute Gasteiger partial charge is 0.247 e. The van der Waals surface area contributed by atoms with E-state index >= 15 is 0 Å². The molecule has 0 aliphatic carbocycles. The quantitative estimate of drug-likeness (QED) is 0.727. The molecule has 0 N–H and O–H groups in total. The highest BCUT2D eigenvalue weighted by molar-refractivity contribution is 8.50. The van der Waals surface area contributed by atoms with Gasteiger partial charge in [-0.05, 0) is 17.5 Å². The molecule has 3 atom stereocenters. The van der Waals surface area contributed by atoms with E-state index in [1.807, 2.05) is 48.5 Å². The van der Waals surface area contributed by atoms with Gasteiger partial charge in [-0.3, -0.25) is 4.57 Å². The first-order valence-electron chi connectivity index (χ1n) is 6.30. The van der Waals surface area contributed by atoms with Crippen molar-refractivity contribution in [3.63, 3.8) is 0 Å². The lowest BCUT2D eigenvalue weighted by Crippen LogP contribution is -2.08. The van der Waals surface area contributed by atoms with Crippen LogP contribution in [0.1, 0.15) is 28.9 Å². The maximum Gasteiger partial charge on any atom is 0.247 e. The fourth-order valence-electron chi connectivity index (χ4n) is 2.29. The molecule has 98 valence electrons. The Kier molecular flexibility index (Phi) is 4.07. The zero-order chi connectivity index (χ0) is 13.1. The second-order valence-electron chi connectivity index (χ2n) is 4.52. The van der Waals surface area contributed by atoms with Crippen LogP contribution in [0.5, 0.6) is 0 Å². The molecule has 0 bridgehead atoms. The van der Waals surface area contributed by atoms with E-state index in [1.54, 1.807) is 0 Å². The Bertz CT molecular complexity index is 509. The maximum atomic E-state index is 12.0. The van der Waals surface area contributed by atoms with Crippen LogP contribution in [0.25, 0.3) is 0 Å². The third kappa shape index (κ3) is 3.11. The van der Waals surface area contributed by atoms with Crippen molar-refractivity contribution >= 4 is 18.6 Å². The molecule has 0 amide bonds. The van der Waals surface area contributed by atoms with Crippen LogP contribution >= 0.6 is 18.6 Å². The molecule has 0 saturated carbocycles. The van der Waals surface area contributed by atoms with Gasteiger partial charge in [0.15, 0.2) is 0 Å². The van der Waals surface area contributed by atoms with Crippen LogP contribution in [0.3, 0.4) is 0 Å². The highest BCUT2D eigenvalue weighted by Gasteiger charge is 2.29. The van der Waals surface area contributed by atoms with E-state index in [2.05, 4.69) is 12.1 Å². The zero-order valence-electron chi connectivity index (χ0n) is 10.4. The van der Waals surface area contributed by atoms with Crippen molar-refractivity contribution in [3.8, 4) is 0 Å². The summed E-state index contributed by atoms with van der Waals surface area (Å²) < 4.78 is 17.6. The highest BCUT2D eigenvalue weighted by Crippen LogP contribution is 2.59. The molecule has 1 aliphatic heterocycles. The summed E-state index contributed by atoms with van der Waals surface area (Å²) in [6.07, 6.45) is 0.814. The summed E-state index contributed by atoms with van der Waals surface area (Å²) >= 11 is 1.46. The molecule has 3 rings (SSSR count). The molecule has 19 heavy (non-hydrogen) atoms. The molecule has 0 aromatic heterocycles. The van der Waals surface area contributed by atoms with E-state index in [-0.39, 0.29) is 11.4 Å². The third-order valence-electron chi connectivity index (χ3n) is 3.25. The van der Waals surface area contributed by atoms with Crippen LogP contribution in [-0.4, -0.2) is 0 Å². The van der Waals surface area contributed by atoms with Crippen molar-refractivity contribution in [2.45, 2.75) is 17.8 Å². The Balaban J connectivity index is 1.84. The van der Waals surface area contributed by atoms with Gasteiger partial charge in [0.2, 0.25) is 7.23 Å². The van der Waals surface area contributed by atoms with E-state index < -0.39 is 7.23 Å². The normalized spacial score (nSPS) is 27.1. The van der Waals surface area contributed by atoms with Crippen LogP contribution < -0.4 is 0 Å². The lowest BCUT2D eigenvalue weighted by Gasteiger charge is -2.29. The van der Waals surface area contributed by atoms with Crippen molar-refractivity contribution in [1.29, 1.82) is 0 Å². The van der Waals surface area contributed by atoms with E-state index in [4.69, 9.17) is 4.52 Å². The molecule has 1 fully saturated rings. The van der Waals surface area contributed by atoms with Crippen LogP contribution in [-0.2, 0) is 9.09 Å². The molecule has 2 aromatic carbocycles. The van der Waals surface area contributed by atoms with Gasteiger partial charge in [0, 0.05) is 5.25 Å². The topological polar surface area (TPSA) is 26.3 Å². The summed E-state index contributed by atoms with van der Waals surface area (Å²) in [5.74, 6) is 0. The molecule has 1 heterocycles. The number of benzene rings is 2. The molecule has 2 nitrogen and oxygen atoms in total. The van der Waals surface area contributed by atoms with Crippen LogP contribution in [0.15, 0.2) is 60.7 Å². The first-order chi connectivity index (χ1) is 9.33. The molecule has 0 spiro atoms. The van der Waals surface area contributed by atoms with Gasteiger partial charge in [-0.15, -0.1) is 0 Å². The van der Waals surface area contributed by atoms with E-state index in [0.29, 0.717) is 0 Å². The predicted octanol–water partition coefficient (Wildman–Crippen LogP) is 5.01. The number of hydrogen-bond acceptors (Lipinski definition) is 3. The largest absolute Gasteiger partial charge is 0.315 e. The lowest BCUT2D eigenvalue weighted by atomic mass is 10.0. The minimum atomic E-state index is -2.02. The second kappa shape index (κ2) is 5.96. The summed E-state index contributed by atoms with van der Waals surface area (Å²) in [5, 5.41) is 0.256. The van der Waals surface area contributed by atoms with Crippen LogP contribution in [0.4, 0.5) is 0 Å². The standard InChI is InChI=1S/C15H15O2PS/c16-18-17-14(12-7-3-1-4-8-12)11-15(19-18)13-9-5-2-6-10-13/h1-10,14-15,18H,11H2. The fraction of sp³-hybridized carbons (Fsp3) is 0.200. The van der Waals surface area contributed by atoms with E-state index in [1.165, 1.54) is 16.9 Å². The summed E-state index contributed by atoms with van der Waals surface area (Å²) in [7, 11) is -2.02. The van der Waals surface area contributed by atoms with Gasteiger partial charge >= 0.3 is 0 Å². The first-order valence-corrected chi connectivity index (χ1v) is 9.22. The first kappa shape index (κ1) is 13.0. The molecule has 2 aromatic rings. The molecule has 4 heteroatoms. The van der Waals surface area contributed by atoms with Crippen molar-refractivity contribution in [1.82, 2.24) is 0 Å². The Morgan fingerprint density at radius 3 is 2.16 bits per heavy atom. The zero-order valence-corrected chi connectivity index (χ0v) is 12.2. The van der Waals surface area contributed by atoms with Crippen LogP contribution in [0.2, 0.25) is 0 Å². The molecule has 0 radical (unpaired) electrons. The average Bonchev–Trinajstić information content (AvgIpc) is 2.48. The minimum absolute atomic E-state index is 0.0564. The Morgan fingerprint density at radius 2 is 1.53 bits per heavy atom. The summed E-state index contributed by atoms with van der Waals surface area (Å²) in [6, 6.07) is 20.3. The van der Waals surface area contributed by atoms with E-state index in [0.717, 1.165) is 12.0 Å². The molecule has 3 unspecified atom stereocenters. The Labute approximate surface area is 117 Å². The molecule has 1 aliphatic rings. The van der Waals surface area contributed by atoms with Gasteiger partial charge < -0.3 is 4.52 Å². The van der Waals surface area contributed by atoms with Crippen molar-refractivity contribution in [2.24, 2.45) is 0 Å². The fourth-order valence-corrected chi connectivity index (χ4v) is 5.52. The average molecular weight is 290 g/mol. The summed E-state index contributed by atoms with van der Waals surface area (Å²) in [4.78, 5) is 0. The second-order valence-corrected chi connectivity index (χ2v) is 7.77. The number of rotatable bonds is 2. The predicted molar refractivity (Wildman–Crippen MR) is 80.7 cm³/mol. The molecule has 1 saturated heterocycles. The van der Waals surface area contributed by atoms with Gasteiger partial charge in [-0.1, -0.05) is 72.0 Å². The minimum Gasteiger partial charge on any atom is -0.315 e. The lowest BCUT2D eigenvalue weighted by molar-refractivity contribution is 0.208. The Hall–Kier alpha value is -1.02. The maximum absolute atomic E-state index is 12.0. The number of hydrogen-bond donors (Lipinski definition) is 0. The summed E-state index contributed by atoms with van der Waals surface area (Å²) in [6.45, 7) is 0. The molecular weight excluding hydrogens is 275 g/mol. The van der Waals surface area contributed by atoms with Gasteiger partial charge in [0.05, 0.1) is 6.10 Å². The third-order valence-corrected chi connectivity index (χ3v) is 6.39. The molecular formula is C15H15O2PS. The monoisotopic (exact) mass is 290 g/mol. The van der Waals surface area contributed by atoms with Gasteiger partial charge in [0.25, 0.3) is 0 Å². The summed E-state index contributed by atoms with van der Waals surface area (Å²) in [5.41, 5.74) is 2.34. The van der Waals surface area contributed by atoms with Crippen LogP contribution in [0, 0.1) is 0 Å². The van der Waals surface area contributed by atoms with Crippen molar-refractivity contribution < 1.29 is 9.09 Å². The van der Waals surface area contributed by atoms with Crippen molar-refractivity contribution in [3.05, 3.63) is 71.8 Å². The van der Waals surface area contributed by atoms with Gasteiger partial charge in [-0.2, -0.15) is 0 Å². The van der Waals surface area contributed by atoms with Crippen molar-refractivity contribution in [2.75, 3.05) is 0 Å². The SMILES string of the molecule is O=[PH]1OC(c2ccccc2)CC(c2ccccc2)S1.